The van der Waals surface area contributed by atoms with Gasteiger partial charge in [-0.2, -0.15) is 5.10 Å². The van der Waals surface area contributed by atoms with Gasteiger partial charge in [-0.05, 0) is 43.7 Å². The second-order valence-corrected chi connectivity index (χ2v) is 6.12. The van der Waals surface area contributed by atoms with E-state index in [0.29, 0.717) is 16.6 Å². The Kier molecular flexibility index (Phi) is 4.97. The third kappa shape index (κ3) is 4.05. The smallest absolute Gasteiger partial charge is 0.319 e. The van der Waals surface area contributed by atoms with Gasteiger partial charge in [0.25, 0.3) is 0 Å². The molecule has 3 N–H and O–H groups in total. The maximum atomic E-state index is 14.2. The van der Waals surface area contributed by atoms with Gasteiger partial charge in [-0.1, -0.05) is 18.2 Å². The first kappa shape index (κ1) is 17.6. The van der Waals surface area contributed by atoms with Crippen LogP contribution in [0.2, 0.25) is 0 Å². The van der Waals surface area contributed by atoms with Crippen LogP contribution in [0.15, 0.2) is 36.4 Å². The molecule has 0 unspecified atom stereocenters. The molecule has 0 aliphatic rings. The summed E-state index contributed by atoms with van der Waals surface area (Å²) in [5, 5.41) is 12.7. The fourth-order valence-electron chi connectivity index (χ4n) is 2.45. The number of fused-ring (bicyclic) bond motifs is 1. The van der Waals surface area contributed by atoms with E-state index in [1.807, 2.05) is 13.8 Å². The topological polar surface area (TPSA) is 69.8 Å². The summed E-state index contributed by atoms with van der Waals surface area (Å²) in [5.74, 6) is -0.868. The van der Waals surface area contributed by atoms with Crippen LogP contribution in [0.3, 0.4) is 0 Å². The van der Waals surface area contributed by atoms with Crippen molar-refractivity contribution in [3.63, 3.8) is 0 Å². The second-order valence-electron chi connectivity index (χ2n) is 6.12. The number of hydrogen-bond acceptors (Lipinski definition) is 2. The molecule has 0 saturated carbocycles. The van der Waals surface area contributed by atoms with Crippen LogP contribution in [0.1, 0.15) is 25.1 Å². The highest BCUT2D eigenvalue weighted by Gasteiger charge is 2.12. The van der Waals surface area contributed by atoms with Crippen LogP contribution in [0, 0.1) is 11.6 Å². The minimum Gasteiger partial charge on any atom is -0.336 e. The molecule has 0 radical (unpaired) electrons. The van der Waals surface area contributed by atoms with Crippen molar-refractivity contribution in [1.82, 2.24) is 15.5 Å². The third-order valence-corrected chi connectivity index (χ3v) is 3.65. The summed E-state index contributed by atoms with van der Waals surface area (Å²) < 4.78 is 27.1. The number of nitrogens with zero attached hydrogens (tertiary/aromatic N) is 1. The normalized spacial score (nSPS) is 11.4. The molecule has 134 valence electrons. The number of anilines is 1. The van der Waals surface area contributed by atoms with E-state index in [1.54, 1.807) is 24.3 Å². The maximum Gasteiger partial charge on any atom is 0.319 e. The Morgan fingerprint density at radius 2 is 1.88 bits per heavy atom. The van der Waals surface area contributed by atoms with Gasteiger partial charge in [-0.15, -0.1) is 0 Å². The van der Waals surface area contributed by atoms with E-state index < -0.39 is 11.8 Å². The second kappa shape index (κ2) is 7.35. The highest BCUT2D eigenvalue weighted by atomic mass is 19.1. The van der Waals surface area contributed by atoms with E-state index >= 15 is 0 Å². The molecule has 0 atom stereocenters. The molecule has 0 aliphatic carbocycles. The molecule has 0 spiro atoms. The molecular weight excluding hydrogens is 338 g/mol. The lowest BCUT2D eigenvalue weighted by molar-refractivity contribution is 0.250. The number of rotatable bonds is 4. The number of carbonyl (C=O) groups excluding carboxylic acids is 1. The van der Waals surface area contributed by atoms with Gasteiger partial charge in [0.05, 0.1) is 16.9 Å². The van der Waals surface area contributed by atoms with Crippen LogP contribution >= 0.6 is 0 Å². The zero-order valence-electron chi connectivity index (χ0n) is 14.3. The van der Waals surface area contributed by atoms with Crippen molar-refractivity contribution < 1.29 is 13.6 Å². The van der Waals surface area contributed by atoms with E-state index in [2.05, 4.69) is 20.8 Å². The summed E-state index contributed by atoms with van der Waals surface area (Å²) in [7, 11) is 0. The highest BCUT2D eigenvalue weighted by Crippen LogP contribution is 2.25. The molecule has 0 saturated heterocycles. The summed E-state index contributed by atoms with van der Waals surface area (Å²) in [5.41, 5.74) is 1.96. The van der Waals surface area contributed by atoms with Crippen LogP contribution in [0.5, 0.6) is 0 Å². The Balaban J connectivity index is 1.89. The van der Waals surface area contributed by atoms with Crippen molar-refractivity contribution in [2.45, 2.75) is 19.9 Å². The average molecular weight is 356 g/mol. The van der Waals surface area contributed by atoms with Gasteiger partial charge in [0.15, 0.2) is 0 Å². The first-order valence-electron chi connectivity index (χ1n) is 8.11. The standard InChI is InChI=1S/C19H18F2N4O/c1-11(2)22-19(26)23-18-9-14-16(24-25-17(14)10-15(18)21)8-5-12-3-6-13(20)7-4-12/h3-11H,1-2H3,(H,24,25)(H2,22,23,26)/b8-5+. The van der Waals surface area contributed by atoms with Gasteiger partial charge >= 0.3 is 6.03 Å². The number of carbonyl (C=O) groups is 1. The molecule has 1 heterocycles. The summed E-state index contributed by atoms with van der Waals surface area (Å²) in [6.07, 6.45) is 3.51. The Morgan fingerprint density at radius 3 is 2.58 bits per heavy atom. The molecular formula is C19H18F2N4O. The van der Waals surface area contributed by atoms with E-state index in [1.165, 1.54) is 24.3 Å². The minimum absolute atomic E-state index is 0.0634. The van der Waals surface area contributed by atoms with E-state index in [-0.39, 0.29) is 17.5 Å². The van der Waals surface area contributed by atoms with Crippen molar-refractivity contribution in [2.75, 3.05) is 5.32 Å². The lowest BCUT2D eigenvalue weighted by Gasteiger charge is -2.10. The number of halogens is 2. The van der Waals surface area contributed by atoms with E-state index in [0.717, 1.165) is 5.56 Å². The molecule has 7 heteroatoms. The zero-order chi connectivity index (χ0) is 18.7. The van der Waals surface area contributed by atoms with Crippen molar-refractivity contribution >= 4 is 34.8 Å². The number of amides is 2. The van der Waals surface area contributed by atoms with Gasteiger partial charge < -0.3 is 10.6 Å². The Hall–Kier alpha value is -3.22. The molecule has 0 fully saturated rings. The average Bonchev–Trinajstić information content (AvgIpc) is 2.96. The van der Waals surface area contributed by atoms with E-state index in [4.69, 9.17) is 0 Å². The molecule has 0 aliphatic heterocycles. The summed E-state index contributed by atoms with van der Waals surface area (Å²) in [6, 6.07) is 8.28. The number of hydrogen-bond donors (Lipinski definition) is 3. The number of aromatic amines is 1. The van der Waals surface area contributed by atoms with Gasteiger partial charge in [0, 0.05) is 17.5 Å². The van der Waals surface area contributed by atoms with Gasteiger partial charge in [0.2, 0.25) is 0 Å². The fourth-order valence-corrected chi connectivity index (χ4v) is 2.45. The van der Waals surface area contributed by atoms with Crippen LogP contribution < -0.4 is 10.6 Å². The quantitative estimate of drug-likeness (QED) is 0.642. The van der Waals surface area contributed by atoms with Crippen molar-refractivity contribution in [3.05, 3.63) is 59.3 Å². The van der Waals surface area contributed by atoms with Gasteiger partial charge in [0.1, 0.15) is 11.6 Å². The number of urea groups is 1. The van der Waals surface area contributed by atoms with Crippen molar-refractivity contribution in [1.29, 1.82) is 0 Å². The van der Waals surface area contributed by atoms with E-state index in [9.17, 15) is 13.6 Å². The lowest BCUT2D eigenvalue weighted by atomic mass is 10.1. The monoisotopic (exact) mass is 356 g/mol. The molecule has 5 nitrogen and oxygen atoms in total. The van der Waals surface area contributed by atoms with Crippen molar-refractivity contribution in [3.8, 4) is 0 Å². The molecule has 1 aromatic heterocycles. The number of nitrogens with one attached hydrogen (secondary N) is 3. The molecule has 3 rings (SSSR count). The van der Waals surface area contributed by atoms with Crippen LogP contribution in [-0.2, 0) is 0 Å². The largest absolute Gasteiger partial charge is 0.336 e. The van der Waals surface area contributed by atoms with Crippen LogP contribution in [0.4, 0.5) is 19.3 Å². The minimum atomic E-state index is -0.561. The molecule has 3 aromatic rings. The first-order chi connectivity index (χ1) is 12.4. The summed E-state index contributed by atoms with van der Waals surface area (Å²) in [4.78, 5) is 11.8. The molecule has 2 amide bonds. The Morgan fingerprint density at radius 1 is 1.15 bits per heavy atom. The summed E-state index contributed by atoms with van der Waals surface area (Å²) >= 11 is 0. The van der Waals surface area contributed by atoms with Crippen LogP contribution in [-0.4, -0.2) is 22.3 Å². The zero-order valence-corrected chi connectivity index (χ0v) is 14.3. The third-order valence-electron chi connectivity index (χ3n) is 3.65. The molecule has 0 bridgehead atoms. The number of H-pyrrole nitrogens is 1. The lowest BCUT2D eigenvalue weighted by Crippen LogP contribution is -2.34. The molecule has 2 aromatic carbocycles. The fraction of sp³-hybridized carbons (Fsp3) is 0.158. The van der Waals surface area contributed by atoms with Gasteiger partial charge in [-0.25, -0.2) is 13.6 Å². The Labute approximate surface area is 149 Å². The maximum absolute atomic E-state index is 14.2. The Bertz CT molecular complexity index is 962. The first-order valence-corrected chi connectivity index (χ1v) is 8.11. The predicted octanol–water partition coefficient (Wildman–Crippen LogP) is 4.54. The SMILES string of the molecule is CC(C)NC(=O)Nc1cc2c(/C=C/c3ccc(F)cc3)n[nH]c2cc1F. The van der Waals surface area contributed by atoms with Crippen LogP contribution in [0.25, 0.3) is 23.1 Å². The van der Waals surface area contributed by atoms with Gasteiger partial charge in [-0.3, -0.25) is 5.10 Å². The number of aromatic nitrogens is 2. The predicted molar refractivity (Wildman–Crippen MR) is 98.7 cm³/mol. The number of benzene rings is 2. The molecule has 26 heavy (non-hydrogen) atoms. The summed E-state index contributed by atoms with van der Waals surface area (Å²) in [6.45, 7) is 3.63. The highest BCUT2D eigenvalue weighted by molar-refractivity contribution is 5.96. The van der Waals surface area contributed by atoms with Crippen molar-refractivity contribution in [2.24, 2.45) is 0 Å².